The summed E-state index contributed by atoms with van der Waals surface area (Å²) in [5.41, 5.74) is 4.23. The summed E-state index contributed by atoms with van der Waals surface area (Å²) in [5, 5.41) is 3.31. The van der Waals surface area contributed by atoms with Gasteiger partial charge in [-0.15, -0.1) is 11.3 Å². The van der Waals surface area contributed by atoms with E-state index in [2.05, 4.69) is 35.7 Å². The standard InChI is InChI=1S/C24H18O3S2/c1-29(25,26)20-9-6-16(7-10-20)24-21(15-18-4-2-3-5-22(18)27-24)17-8-11-23-19(14-17)12-13-28-23/h2-14H,15H2,1H3. The number of sulfone groups is 1. The summed E-state index contributed by atoms with van der Waals surface area (Å²) in [5.74, 6) is 1.62. The van der Waals surface area contributed by atoms with Crippen molar-refractivity contribution in [1.82, 2.24) is 0 Å². The predicted octanol–water partition coefficient (Wildman–Crippen LogP) is 5.81. The third kappa shape index (κ3) is 3.37. The largest absolute Gasteiger partial charge is 0.456 e. The lowest BCUT2D eigenvalue weighted by atomic mass is 9.92. The Balaban J connectivity index is 1.68. The highest BCUT2D eigenvalue weighted by atomic mass is 32.2. The van der Waals surface area contributed by atoms with E-state index in [1.165, 1.54) is 16.3 Å². The molecule has 29 heavy (non-hydrogen) atoms. The van der Waals surface area contributed by atoms with Gasteiger partial charge in [-0.1, -0.05) is 24.3 Å². The average Bonchev–Trinajstić information content (AvgIpc) is 3.20. The molecule has 2 heterocycles. The molecule has 4 aromatic rings. The van der Waals surface area contributed by atoms with Crippen molar-refractivity contribution < 1.29 is 13.2 Å². The lowest BCUT2D eigenvalue weighted by molar-refractivity contribution is 0.502. The number of fused-ring (bicyclic) bond motifs is 2. The molecular weight excluding hydrogens is 400 g/mol. The van der Waals surface area contributed by atoms with Crippen LogP contribution in [-0.2, 0) is 16.3 Å². The van der Waals surface area contributed by atoms with Gasteiger partial charge in [0.2, 0.25) is 0 Å². The smallest absolute Gasteiger partial charge is 0.175 e. The molecule has 5 rings (SSSR count). The third-order valence-electron chi connectivity index (χ3n) is 5.17. The molecule has 144 valence electrons. The van der Waals surface area contributed by atoms with Crippen molar-refractivity contribution in [2.24, 2.45) is 0 Å². The summed E-state index contributed by atoms with van der Waals surface area (Å²) in [6.45, 7) is 0. The summed E-state index contributed by atoms with van der Waals surface area (Å²) >= 11 is 1.73. The molecule has 0 radical (unpaired) electrons. The van der Waals surface area contributed by atoms with Crippen LogP contribution in [-0.4, -0.2) is 14.7 Å². The second-order valence-electron chi connectivity index (χ2n) is 7.16. The Labute approximate surface area is 173 Å². The van der Waals surface area contributed by atoms with Crippen molar-refractivity contribution in [1.29, 1.82) is 0 Å². The van der Waals surface area contributed by atoms with E-state index in [0.717, 1.165) is 40.2 Å². The fourth-order valence-corrected chi connectivity index (χ4v) is 5.07. The lowest BCUT2D eigenvalue weighted by Gasteiger charge is -2.24. The Morgan fingerprint density at radius 2 is 1.66 bits per heavy atom. The van der Waals surface area contributed by atoms with E-state index in [4.69, 9.17) is 4.74 Å². The predicted molar refractivity (Wildman–Crippen MR) is 119 cm³/mol. The first-order valence-electron chi connectivity index (χ1n) is 9.26. The maximum absolute atomic E-state index is 11.8. The minimum Gasteiger partial charge on any atom is -0.456 e. The van der Waals surface area contributed by atoms with E-state index in [1.807, 2.05) is 30.3 Å². The first-order chi connectivity index (χ1) is 14.0. The zero-order chi connectivity index (χ0) is 20.0. The number of ether oxygens (including phenoxy) is 1. The van der Waals surface area contributed by atoms with Gasteiger partial charge in [0.1, 0.15) is 11.5 Å². The number of benzene rings is 3. The number of hydrogen-bond acceptors (Lipinski definition) is 4. The van der Waals surface area contributed by atoms with Gasteiger partial charge in [-0.3, -0.25) is 0 Å². The second kappa shape index (κ2) is 6.87. The number of hydrogen-bond donors (Lipinski definition) is 0. The van der Waals surface area contributed by atoms with Crippen LogP contribution >= 0.6 is 11.3 Å². The van der Waals surface area contributed by atoms with Crippen LogP contribution in [0.2, 0.25) is 0 Å². The first-order valence-corrected chi connectivity index (χ1v) is 12.0. The summed E-state index contributed by atoms with van der Waals surface area (Å²) in [6.07, 6.45) is 1.98. The molecule has 1 aromatic heterocycles. The topological polar surface area (TPSA) is 43.4 Å². The summed E-state index contributed by atoms with van der Waals surface area (Å²) in [4.78, 5) is 0.305. The Bertz CT molecular complexity index is 1360. The molecule has 0 amide bonds. The van der Waals surface area contributed by atoms with Gasteiger partial charge in [0, 0.05) is 28.5 Å². The zero-order valence-electron chi connectivity index (χ0n) is 15.8. The Hall–Kier alpha value is -2.89. The van der Waals surface area contributed by atoms with E-state index in [9.17, 15) is 8.42 Å². The SMILES string of the molecule is CS(=O)(=O)c1ccc(C2=C(c3ccc4sccc4c3)Cc3ccccc3O2)cc1. The molecule has 1 aliphatic rings. The van der Waals surface area contributed by atoms with Gasteiger partial charge in [-0.25, -0.2) is 8.42 Å². The highest BCUT2D eigenvalue weighted by Crippen LogP contribution is 2.40. The molecule has 0 saturated heterocycles. The maximum Gasteiger partial charge on any atom is 0.175 e. The average molecular weight is 419 g/mol. The van der Waals surface area contributed by atoms with Gasteiger partial charge in [0.25, 0.3) is 0 Å². The lowest BCUT2D eigenvalue weighted by Crippen LogP contribution is -2.09. The highest BCUT2D eigenvalue weighted by Gasteiger charge is 2.23. The van der Waals surface area contributed by atoms with Crippen LogP contribution in [0.25, 0.3) is 21.4 Å². The molecular formula is C24H18O3S2. The minimum atomic E-state index is -3.24. The van der Waals surface area contributed by atoms with Crippen LogP contribution < -0.4 is 4.74 Å². The first kappa shape index (κ1) is 18.2. The molecule has 3 aromatic carbocycles. The van der Waals surface area contributed by atoms with E-state index in [1.54, 1.807) is 23.5 Å². The van der Waals surface area contributed by atoms with E-state index >= 15 is 0 Å². The van der Waals surface area contributed by atoms with Gasteiger partial charge >= 0.3 is 0 Å². The van der Waals surface area contributed by atoms with Crippen LogP contribution in [0.15, 0.2) is 83.1 Å². The van der Waals surface area contributed by atoms with E-state index in [-0.39, 0.29) is 0 Å². The van der Waals surface area contributed by atoms with Crippen molar-refractivity contribution in [3.05, 3.63) is 94.9 Å². The number of para-hydroxylation sites is 1. The molecule has 0 atom stereocenters. The highest BCUT2D eigenvalue weighted by molar-refractivity contribution is 7.90. The molecule has 0 spiro atoms. The molecule has 0 fully saturated rings. The van der Waals surface area contributed by atoms with Crippen molar-refractivity contribution in [2.45, 2.75) is 11.3 Å². The van der Waals surface area contributed by atoms with Gasteiger partial charge in [0.05, 0.1) is 4.90 Å². The number of allylic oxidation sites excluding steroid dienone is 1. The van der Waals surface area contributed by atoms with Crippen molar-refractivity contribution in [3.8, 4) is 5.75 Å². The van der Waals surface area contributed by atoms with Crippen molar-refractivity contribution in [2.75, 3.05) is 6.26 Å². The zero-order valence-corrected chi connectivity index (χ0v) is 17.4. The van der Waals surface area contributed by atoms with E-state index < -0.39 is 9.84 Å². The molecule has 0 unspecified atom stereocenters. The molecule has 1 aliphatic heterocycles. The van der Waals surface area contributed by atoms with E-state index in [0.29, 0.717) is 4.90 Å². The monoisotopic (exact) mass is 418 g/mol. The summed E-state index contributed by atoms with van der Waals surface area (Å²) in [6, 6.07) is 23.6. The third-order valence-corrected chi connectivity index (χ3v) is 7.20. The minimum absolute atomic E-state index is 0.305. The number of thiophene rings is 1. The summed E-state index contributed by atoms with van der Waals surface area (Å²) < 4.78 is 31.2. The van der Waals surface area contributed by atoms with Gasteiger partial charge < -0.3 is 4.74 Å². The molecule has 0 bridgehead atoms. The molecule has 0 aliphatic carbocycles. The van der Waals surface area contributed by atoms with Gasteiger partial charge in [-0.05, 0) is 70.4 Å². The van der Waals surface area contributed by atoms with Crippen LogP contribution in [0.4, 0.5) is 0 Å². The quantitative estimate of drug-likeness (QED) is 0.422. The Kier molecular flexibility index (Phi) is 4.30. The Morgan fingerprint density at radius 3 is 2.45 bits per heavy atom. The molecule has 0 N–H and O–H groups in total. The second-order valence-corrected chi connectivity index (χ2v) is 10.1. The fraction of sp³-hybridized carbons (Fsp3) is 0.0833. The van der Waals surface area contributed by atoms with Crippen molar-refractivity contribution >= 4 is 42.6 Å². The van der Waals surface area contributed by atoms with Crippen molar-refractivity contribution in [3.63, 3.8) is 0 Å². The van der Waals surface area contributed by atoms with Crippen LogP contribution in [0.5, 0.6) is 5.75 Å². The Morgan fingerprint density at radius 1 is 0.897 bits per heavy atom. The fourth-order valence-electron chi connectivity index (χ4n) is 3.67. The molecule has 3 nitrogen and oxygen atoms in total. The van der Waals surface area contributed by atoms with Crippen LogP contribution in [0.3, 0.4) is 0 Å². The molecule has 0 saturated carbocycles. The van der Waals surface area contributed by atoms with Crippen LogP contribution in [0.1, 0.15) is 16.7 Å². The number of rotatable bonds is 3. The molecule has 5 heteroatoms. The normalized spacial score (nSPS) is 14.0. The van der Waals surface area contributed by atoms with Crippen LogP contribution in [0, 0.1) is 0 Å². The summed E-state index contributed by atoms with van der Waals surface area (Å²) in [7, 11) is -3.24. The maximum atomic E-state index is 11.8. The van der Waals surface area contributed by atoms with Gasteiger partial charge in [0.15, 0.2) is 9.84 Å². The van der Waals surface area contributed by atoms with Gasteiger partial charge in [-0.2, -0.15) is 0 Å².